The van der Waals surface area contributed by atoms with Gasteiger partial charge < -0.3 is 0 Å². The standard InChI is InChI=1S/C6H8BN/c1-2-6-4-3-5-7-8-6/h3-5H,2H2,1H3. The molecule has 0 saturated heterocycles. The SMILES string of the molecule is CCc1cccbn1. The minimum atomic E-state index is 1.03. The maximum atomic E-state index is 4.10. The Kier molecular flexibility index (Phi) is 1.78. The van der Waals surface area contributed by atoms with Gasteiger partial charge in [0.15, 0.2) is 0 Å². The molecule has 0 radical (unpaired) electrons. The third-order valence-electron chi connectivity index (χ3n) is 1.09. The van der Waals surface area contributed by atoms with Crippen LogP contribution in [0.4, 0.5) is 0 Å². The van der Waals surface area contributed by atoms with Gasteiger partial charge in [-0.2, -0.15) is 0 Å². The molecule has 0 atom stereocenters. The molecule has 0 N–H and O–H groups in total. The van der Waals surface area contributed by atoms with Gasteiger partial charge in [-0.25, -0.2) is 0 Å². The number of hydrogen-bond acceptors (Lipinski definition) is 1. The van der Waals surface area contributed by atoms with Gasteiger partial charge in [0.1, 0.15) is 0 Å². The summed E-state index contributed by atoms with van der Waals surface area (Å²) in [5.74, 6) is 1.93. The van der Waals surface area contributed by atoms with E-state index in [9.17, 15) is 0 Å². The van der Waals surface area contributed by atoms with Gasteiger partial charge in [-0.15, -0.1) is 0 Å². The minimum absolute atomic E-state index is 1.03. The molecule has 0 spiro atoms. The van der Waals surface area contributed by atoms with Crippen LogP contribution in [0.25, 0.3) is 0 Å². The number of hydrogen-bond donors (Lipinski definition) is 0. The zero-order valence-electron chi connectivity index (χ0n) is 4.96. The van der Waals surface area contributed by atoms with Crippen LogP contribution >= 0.6 is 0 Å². The monoisotopic (exact) mass is 105 g/mol. The summed E-state index contributed by atoms with van der Waals surface area (Å²) in [6.07, 6.45) is 1.03. The molecule has 0 aliphatic rings. The van der Waals surface area contributed by atoms with Gasteiger partial charge in [-0.3, -0.25) is 0 Å². The van der Waals surface area contributed by atoms with E-state index in [1.165, 1.54) is 0 Å². The van der Waals surface area contributed by atoms with Crippen molar-refractivity contribution in [2.45, 2.75) is 13.3 Å². The summed E-state index contributed by atoms with van der Waals surface area (Å²) in [5, 5.41) is 0. The van der Waals surface area contributed by atoms with Crippen molar-refractivity contribution in [3.05, 3.63) is 23.8 Å². The van der Waals surface area contributed by atoms with Crippen LogP contribution in [0.15, 0.2) is 18.1 Å². The quantitative estimate of drug-likeness (QED) is 0.518. The van der Waals surface area contributed by atoms with E-state index in [2.05, 4.69) is 11.8 Å². The molecule has 0 fully saturated rings. The molecule has 0 aromatic carbocycles. The second-order valence-corrected chi connectivity index (χ2v) is 1.67. The predicted octanol–water partition coefficient (Wildman–Crippen LogP) is 0.982. The second kappa shape index (κ2) is 2.60. The van der Waals surface area contributed by atoms with Gasteiger partial charge in [0.25, 0.3) is 0 Å². The number of aryl methyl sites for hydroxylation is 1. The topological polar surface area (TPSA) is 12.9 Å². The van der Waals surface area contributed by atoms with Crippen molar-refractivity contribution >= 4 is 7.05 Å². The summed E-state index contributed by atoms with van der Waals surface area (Å²) in [4.78, 5) is 4.10. The van der Waals surface area contributed by atoms with Gasteiger partial charge in [0.05, 0.1) is 0 Å². The Labute approximate surface area is 50.0 Å². The molecular weight excluding hydrogens is 96.9 g/mol. The van der Waals surface area contributed by atoms with Crippen LogP contribution in [0.1, 0.15) is 12.6 Å². The average Bonchev–Trinajstić information content (AvgIpc) is 1.90. The van der Waals surface area contributed by atoms with Crippen molar-refractivity contribution in [3.8, 4) is 0 Å². The van der Waals surface area contributed by atoms with Crippen molar-refractivity contribution in [2.24, 2.45) is 0 Å². The van der Waals surface area contributed by atoms with Gasteiger partial charge >= 0.3 is 49.1 Å². The van der Waals surface area contributed by atoms with E-state index in [-0.39, 0.29) is 0 Å². The Bertz CT molecular complexity index is 150. The molecule has 0 amide bonds. The molecule has 8 heavy (non-hydrogen) atoms. The van der Waals surface area contributed by atoms with Crippen molar-refractivity contribution in [3.63, 3.8) is 0 Å². The van der Waals surface area contributed by atoms with E-state index < -0.39 is 0 Å². The van der Waals surface area contributed by atoms with Crippen molar-refractivity contribution in [2.75, 3.05) is 0 Å². The first kappa shape index (κ1) is 5.48. The Balaban J connectivity index is 2.83. The summed E-state index contributed by atoms with van der Waals surface area (Å²) in [7, 11) is 1.82. The van der Waals surface area contributed by atoms with E-state index in [4.69, 9.17) is 0 Å². The molecule has 0 aliphatic heterocycles. The molecule has 1 rings (SSSR count). The third-order valence-corrected chi connectivity index (χ3v) is 1.09. The molecular formula is C6H8BN. The van der Waals surface area contributed by atoms with Gasteiger partial charge in [0, 0.05) is 0 Å². The molecule has 1 heterocycles. The molecule has 1 nitrogen and oxygen atoms in total. The fourth-order valence-corrected chi connectivity index (χ4v) is 0.607. The summed E-state index contributed by atoms with van der Waals surface area (Å²) in [6, 6.07) is 4.03. The predicted molar refractivity (Wildman–Crippen MR) is 35.0 cm³/mol. The normalized spacial score (nSPS) is 8.62. The first-order chi connectivity index (χ1) is 3.93. The van der Waals surface area contributed by atoms with E-state index in [1.54, 1.807) is 0 Å². The van der Waals surface area contributed by atoms with E-state index in [0.29, 0.717) is 0 Å². The first-order valence-electron chi connectivity index (χ1n) is 2.83. The van der Waals surface area contributed by atoms with Crippen LogP contribution in [-0.2, 0) is 6.42 Å². The zero-order chi connectivity index (χ0) is 5.82. The Hall–Kier alpha value is -0.655. The van der Waals surface area contributed by atoms with E-state index >= 15 is 0 Å². The summed E-state index contributed by atoms with van der Waals surface area (Å²) < 4.78 is 0. The second-order valence-electron chi connectivity index (χ2n) is 1.67. The Morgan fingerprint density at radius 2 is 2.62 bits per heavy atom. The van der Waals surface area contributed by atoms with Crippen LogP contribution in [0.2, 0.25) is 0 Å². The van der Waals surface area contributed by atoms with E-state index in [1.807, 2.05) is 25.1 Å². The Morgan fingerprint density at radius 3 is 3.00 bits per heavy atom. The number of nitrogens with zero attached hydrogens (tertiary/aromatic N) is 1. The Morgan fingerprint density at radius 1 is 1.75 bits per heavy atom. The molecule has 0 aliphatic carbocycles. The van der Waals surface area contributed by atoms with Crippen molar-refractivity contribution in [1.29, 1.82) is 0 Å². The molecule has 1 aromatic rings. The molecule has 0 unspecified atom stereocenters. The average molecular weight is 105 g/mol. The van der Waals surface area contributed by atoms with Crippen molar-refractivity contribution in [1.82, 2.24) is 4.89 Å². The van der Waals surface area contributed by atoms with Gasteiger partial charge in [0.2, 0.25) is 0 Å². The zero-order valence-corrected chi connectivity index (χ0v) is 4.96. The van der Waals surface area contributed by atoms with Crippen LogP contribution in [0.5, 0.6) is 0 Å². The summed E-state index contributed by atoms with van der Waals surface area (Å²) in [6.45, 7) is 2.10. The van der Waals surface area contributed by atoms with Crippen LogP contribution in [0.3, 0.4) is 0 Å². The van der Waals surface area contributed by atoms with Crippen LogP contribution in [-0.4, -0.2) is 11.9 Å². The molecule has 0 bridgehead atoms. The number of rotatable bonds is 1. The summed E-state index contributed by atoms with van der Waals surface area (Å²) in [5.41, 5.74) is 1.16. The summed E-state index contributed by atoms with van der Waals surface area (Å²) >= 11 is 0. The van der Waals surface area contributed by atoms with Gasteiger partial charge in [-0.05, 0) is 0 Å². The van der Waals surface area contributed by atoms with E-state index in [0.717, 1.165) is 12.1 Å². The molecule has 1 aromatic heterocycles. The molecule has 40 valence electrons. The van der Waals surface area contributed by atoms with Crippen LogP contribution < -0.4 is 0 Å². The van der Waals surface area contributed by atoms with Crippen LogP contribution in [0, 0.1) is 0 Å². The molecule has 2 heteroatoms. The molecule has 0 saturated carbocycles. The fraction of sp³-hybridized carbons (Fsp3) is 0.333. The maximum absolute atomic E-state index is 4.10. The fourth-order valence-electron chi connectivity index (χ4n) is 0.607. The van der Waals surface area contributed by atoms with Crippen molar-refractivity contribution < 1.29 is 0 Å². The third kappa shape index (κ3) is 1.16. The van der Waals surface area contributed by atoms with Gasteiger partial charge in [-0.1, -0.05) is 0 Å². The number of aromatic nitrogens is 1. The first-order valence-corrected chi connectivity index (χ1v) is 2.83.